The van der Waals surface area contributed by atoms with Crippen LogP contribution >= 0.6 is 0 Å². The van der Waals surface area contributed by atoms with Crippen molar-refractivity contribution < 1.29 is 9.47 Å². The summed E-state index contributed by atoms with van der Waals surface area (Å²) in [5.41, 5.74) is 1.18. The summed E-state index contributed by atoms with van der Waals surface area (Å²) in [7, 11) is 5.62. The Kier molecular flexibility index (Phi) is 8.14. The Morgan fingerprint density at radius 2 is 2.03 bits per heavy atom. The van der Waals surface area contributed by atoms with Crippen LogP contribution in [0.2, 0.25) is 0 Å². The van der Waals surface area contributed by atoms with Crippen molar-refractivity contribution in [3.05, 3.63) is 42.4 Å². The quantitative estimate of drug-likeness (QED) is 0.438. The summed E-state index contributed by atoms with van der Waals surface area (Å²) in [4.78, 5) is 15.1. The summed E-state index contributed by atoms with van der Waals surface area (Å²) in [6, 6.07) is 10.1. The molecule has 0 saturated carbocycles. The van der Waals surface area contributed by atoms with Gasteiger partial charge in [-0.2, -0.15) is 10.2 Å². The molecule has 0 spiro atoms. The molecule has 2 heterocycles. The van der Waals surface area contributed by atoms with Crippen LogP contribution in [-0.4, -0.2) is 66.9 Å². The number of nitriles is 1. The van der Waals surface area contributed by atoms with Gasteiger partial charge in [-0.1, -0.05) is 12.1 Å². The molecule has 9 heteroatoms. The summed E-state index contributed by atoms with van der Waals surface area (Å²) in [6.07, 6.45) is 4.11. The lowest BCUT2D eigenvalue weighted by Gasteiger charge is -2.18. The highest BCUT2D eigenvalue weighted by Crippen LogP contribution is 2.26. The molecule has 1 atom stereocenters. The van der Waals surface area contributed by atoms with Crippen molar-refractivity contribution in [2.75, 3.05) is 51.5 Å². The van der Waals surface area contributed by atoms with Crippen LogP contribution in [0.1, 0.15) is 19.0 Å². The zero-order valence-electron chi connectivity index (χ0n) is 18.9. The second-order valence-electron chi connectivity index (χ2n) is 7.71. The number of benzene rings is 1. The highest BCUT2D eigenvalue weighted by Gasteiger charge is 2.14. The Labute approximate surface area is 188 Å². The lowest BCUT2D eigenvalue weighted by Crippen LogP contribution is -2.28. The first kappa shape index (κ1) is 23.2. The maximum atomic E-state index is 9.34. The van der Waals surface area contributed by atoms with E-state index < -0.39 is 0 Å². The third kappa shape index (κ3) is 6.26. The van der Waals surface area contributed by atoms with Gasteiger partial charge < -0.3 is 25.0 Å². The maximum absolute atomic E-state index is 9.34. The zero-order valence-corrected chi connectivity index (χ0v) is 18.9. The average Bonchev–Trinajstić information content (AvgIpc) is 2.76. The van der Waals surface area contributed by atoms with E-state index in [1.54, 1.807) is 7.11 Å². The normalized spacial score (nSPS) is 11.9. The molecule has 2 N–H and O–H groups in total. The Bertz CT molecular complexity index is 1080. The number of likely N-dealkylation sites (N-methyl/N-ethyl adjacent to an activating group) is 1. The monoisotopic (exact) mass is 435 g/mol. The van der Waals surface area contributed by atoms with E-state index in [4.69, 9.17) is 9.47 Å². The first-order valence-corrected chi connectivity index (χ1v) is 10.5. The fraction of sp³-hybridized carbons (Fsp3) is 0.391. The van der Waals surface area contributed by atoms with Crippen molar-refractivity contribution in [3.63, 3.8) is 0 Å². The standard InChI is InChI=1S/C23H29N7O2/c1-16(15-30(2)3)32-23-20(12-24)26-14-22(29-23)28-21-11-17-7-5-8-19(18(17)13-27-21)25-9-6-10-31-4/h5,7-8,11,13-14,16,25H,6,9-10,15H2,1-4H3,(H,27,28,29)/t16-/m1/s1. The number of hydrogen-bond donors (Lipinski definition) is 2. The Hall–Kier alpha value is -3.48. The minimum absolute atomic E-state index is 0.143. The predicted octanol–water partition coefficient (Wildman–Crippen LogP) is 3.42. The minimum atomic E-state index is -0.143. The SMILES string of the molecule is COCCCNc1cccc2cc(Nc3cnc(C#N)c(O[C@H](C)CN(C)C)n3)ncc12. The Morgan fingerprint density at radius 3 is 2.78 bits per heavy atom. The van der Waals surface area contributed by atoms with Crippen molar-refractivity contribution in [1.82, 2.24) is 19.9 Å². The number of pyridine rings is 1. The van der Waals surface area contributed by atoms with Crippen LogP contribution in [0, 0.1) is 11.3 Å². The zero-order chi connectivity index (χ0) is 22.9. The van der Waals surface area contributed by atoms with Gasteiger partial charge in [0.2, 0.25) is 5.69 Å². The molecule has 32 heavy (non-hydrogen) atoms. The van der Waals surface area contributed by atoms with Crippen LogP contribution in [0.15, 0.2) is 36.7 Å². The largest absolute Gasteiger partial charge is 0.471 e. The molecule has 0 aliphatic rings. The summed E-state index contributed by atoms with van der Waals surface area (Å²) in [5.74, 6) is 1.28. The van der Waals surface area contributed by atoms with Crippen molar-refractivity contribution in [2.24, 2.45) is 0 Å². The smallest absolute Gasteiger partial charge is 0.253 e. The van der Waals surface area contributed by atoms with Gasteiger partial charge in [0.15, 0.2) is 5.82 Å². The molecule has 0 amide bonds. The summed E-state index contributed by atoms with van der Waals surface area (Å²) >= 11 is 0. The number of aromatic nitrogens is 3. The van der Waals surface area contributed by atoms with Crippen molar-refractivity contribution in [1.29, 1.82) is 5.26 Å². The van der Waals surface area contributed by atoms with Crippen LogP contribution in [0.3, 0.4) is 0 Å². The van der Waals surface area contributed by atoms with Gasteiger partial charge in [-0.15, -0.1) is 0 Å². The van der Waals surface area contributed by atoms with E-state index in [0.29, 0.717) is 18.2 Å². The van der Waals surface area contributed by atoms with E-state index in [-0.39, 0.29) is 17.7 Å². The molecule has 0 unspecified atom stereocenters. The lowest BCUT2D eigenvalue weighted by molar-refractivity contribution is 0.169. The van der Waals surface area contributed by atoms with Crippen LogP contribution in [0.25, 0.3) is 10.8 Å². The first-order valence-electron chi connectivity index (χ1n) is 10.5. The molecule has 0 aliphatic heterocycles. The highest BCUT2D eigenvalue weighted by atomic mass is 16.5. The van der Waals surface area contributed by atoms with E-state index in [1.807, 2.05) is 62.5 Å². The number of fused-ring (bicyclic) bond motifs is 1. The third-order valence-corrected chi connectivity index (χ3v) is 4.64. The van der Waals surface area contributed by atoms with Gasteiger partial charge in [0.25, 0.3) is 5.88 Å². The molecule has 0 radical (unpaired) electrons. The molecule has 0 aliphatic carbocycles. The number of hydrogen-bond acceptors (Lipinski definition) is 9. The van der Waals surface area contributed by atoms with Gasteiger partial charge in [-0.3, -0.25) is 0 Å². The molecular weight excluding hydrogens is 406 g/mol. The van der Waals surface area contributed by atoms with E-state index in [1.165, 1.54) is 6.20 Å². The number of methoxy groups -OCH3 is 1. The van der Waals surface area contributed by atoms with Crippen LogP contribution in [-0.2, 0) is 4.74 Å². The molecule has 168 valence electrons. The van der Waals surface area contributed by atoms with Crippen molar-refractivity contribution >= 4 is 28.1 Å². The van der Waals surface area contributed by atoms with Crippen LogP contribution < -0.4 is 15.4 Å². The summed E-state index contributed by atoms with van der Waals surface area (Å²) < 4.78 is 11.0. The number of nitrogens with zero attached hydrogens (tertiary/aromatic N) is 5. The molecule has 1 aromatic carbocycles. The van der Waals surface area contributed by atoms with Crippen molar-refractivity contribution in [2.45, 2.75) is 19.4 Å². The number of ether oxygens (including phenoxy) is 2. The fourth-order valence-electron chi connectivity index (χ4n) is 3.30. The van der Waals surface area contributed by atoms with E-state index in [0.717, 1.165) is 36.0 Å². The molecule has 0 fully saturated rings. The molecular formula is C23H29N7O2. The van der Waals surface area contributed by atoms with Crippen LogP contribution in [0.5, 0.6) is 5.88 Å². The number of nitrogens with one attached hydrogen (secondary N) is 2. The molecule has 3 aromatic rings. The fourth-order valence-corrected chi connectivity index (χ4v) is 3.30. The number of rotatable bonds is 11. The lowest BCUT2D eigenvalue weighted by atomic mass is 10.1. The first-order chi connectivity index (χ1) is 15.5. The Balaban J connectivity index is 1.77. The van der Waals surface area contributed by atoms with E-state index in [2.05, 4.69) is 25.6 Å². The summed E-state index contributed by atoms with van der Waals surface area (Å²) in [6.45, 7) is 4.16. The van der Waals surface area contributed by atoms with Gasteiger partial charge >= 0.3 is 0 Å². The Morgan fingerprint density at radius 1 is 1.19 bits per heavy atom. The van der Waals surface area contributed by atoms with E-state index in [9.17, 15) is 5.26 Å². The second kappa shape index (κ2) is 11.2. The second-order valence-corrected chi connectivity index (χ2v) is 7.71. The van der Waals surface area contributed by atoms with Gasteiger partial charge in [0.1, 0.15) is 18.0 Å². The molecule has 0 bridgehead atoms. The van der Waals surface area contributed by atoms with Crippen LogP contribution in [0.4, 0.5) is 17.3 Å². The predicted molar refractivity (Wildman–Crippen MR) is 125 cm³/mol. The highest BCUT2D eigenvalue weighted by molar-refractivity contribution is 5.94. The molecule has 2 aromatic heterocycles. The topological polar surface area (TPSA) is 108 Å². The van der Waals surface area contributed by atoms with Gasteiger partial charge in [0.05, 0.1) is 6.20 Å². The molecule has 3 rings (SSSR count). The van der Waals surface area contributed by atoms with Crippen molar-refractivity contribution in [3.8, 4) is 11.9 Å². The maximum Gasteiger partial charge on any atom is 0.253 e. The third-order valence-electron chi connectivity index (χ3n) is 4.64. The number of anilines is 3. The van der Waals surface area contributed by atoms with E-state index >= 15 is 0 Å². The van der Waals surface area contributed by atoms with Gasteiger partial charge in [0, 0.05) is 44.1 Å². The van der Waals surface area contributed by atoms with Gasteiger partial charge in [-0.25, -0.2) is 9.97 Å². The average molecular weight is 436 g/mol. The summed E-state index contributed by atoms with van der Waals surface area (Å²) in [5, 5.41) is 18.0. The molecule has 0 saturated heterocycles. The van der Waals surface area contributed by atoms with Gasteiger partial charge in [-0.05, 0) is 45.0 Å². The minimum Gasteiger partial charge on any atom is -0.471 e. The molecule has 9 nitrogen and oxygen atoms in total.